The number of anilines is 3. The van der Waals surface area contributed by atoms with Crippen molar-refractivity contribution in [3.8, 4) is 11.6 Å². The van der Waals surface area contributed by atoms with Crippen LogP contribution in [0.25, 0.3) is 5.57 Å². The third kappa shape index (κ3) is 4.37. The summed E-state index contributed by atoms with van der Waals surface area (Å²) in [4.78, 5) is 12.9. The monoisotopic (exact) mass is 396 g/mol. The summed E-state index contributed by atoms with van der Waals surface area (Å²) < 4.78 is 10.7. The quantitative estimate of drug-likeness (QED) is 0.569. The molecule has 0 radical (unpaired) electrons. The molecule has 0 bridgehead atoms. The molecule has 8 heteroatoms. The third-order valence-electron chi connectivity index (χ3n) is 5.02. The first-order valence-electron chi connectivity index (χ1n) is 9.43. The summed E-state index contributed by atoms with van der Waals surface area (Å²) in [6.45, 7) is 3.41. The fourth-order valence-corrected chi connectivity index (χ4v) is 3.51. The van der Waals surface area contributed by atoms with Gasteiger partial charge in [0.05, 0.1) is 19.9 Å². The van der Waals surface area contributed by atoms with Crippen LogP contribution in [0.5, 0.6) is 11.6 Å². The number of rotatable bonds is 6. The molecule has 29 heavy (non-hydrogen) atoms. The van der Waals surface area contributed by atoms with Gasteiger partial charge in [-0.15, -0.1) is 0 Å². The molecule has 3 rings (SSSR count). The summed E-state index contributed by atoms with van der Waals surface area (Å²) in [6.07, 6.45) is 5.06. The SMILES string of the molecule is CN=CC(=CN)c1cc(N)c(OC)cc1N1CCN(c2ccnc(OC)c2)CC1. The van der Waals surface area contributed by atoms with E-state index in [9.17, 15) is 0 Å². The Hall–Kier alpha value is -3.42. The van der Waals surface area contributed by atoms with Gasteiger partial charge in [-0.2, -0.15) is 0 Å². The Morgan fingerprint density at radius 1 is 1.10 bits per heavy atom. The molecule has 1 aliphatic rings. The van der Waals surface area contributed by atoms with E-state index in [1.807, 2.05) is 24.3 Å². The summed E-state index contributed by atoms with van der Waals surface area (Å²) >= 11 is 0. The molecule has 0 aliphatic carbocycles. The largest absolute Gasteiger partial charge is 0.495 e. The van der Waals surface area contributed by atoms with E-state index in [2.05, 4.69) is 19.8 Å². The molecule has 0 unspecified atom stereocenters. The van der Waals surface area contributed by atoms with Crippen molar-refractivity contribution in [2.45, 2.75) is 0 Å². The van der Waals surface area contributed by atoms with Crippen LogP contribution in [-0.4, -0.2) is 58.6 Å². The fraction of sp³-hybridized carbons (Fsp3) is 0.333. The molecule has 2 aromatic rings. The highest BCUT2D eigenvalue weighted by Gasteiger charge is 2.22. The van der Waals surface area contributed by atoms with Crippen molar-refractivity contribution in [3.63, 3.8) is 0 Å². The molecule has 0 saturated carbocycles. The first-order chi connectivity index (χ1) is 14.1. The Kier molecular flexibility index (Phi) is 6.43. The second kappa shape index (κ2) is 9.18. The normalized spacial score (nSPS) is 15.1. The van der Waals surface area contributed by atoms with Crippen LogP contribution < -0.4 is 30.7 Å². The zero-order valence-corrected chi connectivity index (χ0v) is 17.1. The number of nitrogens with zero attached hydrogens (tertiary/aromatic N) is 4. The molecular weight excluding hydrogens is 368 g/mol. The van der Waals surface area contributed by atoms with Crippen LogP contribution in [0, 0.1) is 0 Å². The molecule has 1 aliphatic heterocycles. The zero-order chi connectivity index (χ0) is 20.8. The van der Waals surface area contributed by atoms with E-state index in [0.29, 0.717) is 17.3 Å². The number of benzene rings is 1. The minimum atomic E-state index is 0.567. The van der Waals surface area contributed by atoms with E-state index in [0.717, 1.165) is 48.7 Å². The van der Waals surface area contributed by atoms with Crippen molar-refractivity contribution < 1.29 is 9.47 Å². The first-order valence-corrected chi connectivity index (χ1v) is 9.43. The summed E-state index contributed by atoms with van der Waals surface area (Å²) in [5, 5.41) is 0. The number of hydrogen-bond acceptors (Lipinski definition) is 8. The number of pyridine rings is 1. The van der Waals surface area contributed by atoms with Crippen LogP contribution in [0.1, 0.15) is 5.56 Å². The summed E-state index contributed by atoms with van der Waals surface area (Å²) in [6, 6.07) is 7.83. The maximum atomic E-state index is 6.16. The third-order valence-corrected chi connectivity index (χ3v) is 5.02. The van der Waals surface area contributed by atoms with Crippen molar-refractivity contribution in [2.24, 2.45) is 10.7 Å². The van der Waals surface area contributed by atoms with Gasteiger partial charge >= 0.3 is 0 Å². The Bertz CT molecular complexity index is 904. The van der Waals surface area contributed by atoms with Crippen molar-refractivity contribution in [2.75, 3.05) is 63.0 Å². The molecule has 0 atom stereocenters. The lowest BCUT2D eigenvalue weighted by Gasteiger charge is -2.38. The highest BCUT2D eigenvalue weighted by Crippen LogP contribution is 2.36. The van der Waals surface area contributed by atoms with Gasteiger partial charge in [-0.1, -0.05) is 0 Å². The molecular formula is C21H28N6O2. The number of hydrogen-bond donors (Lipinski definition) is 2. The predicted molar refractivity (Wildman–Crippen MR) is 119 cm³/mol. The smallest absolute Gasteiger partial charge is 0.214 e. The topological polar surface area (TPSA) is 102 Å². The number of nitrogens with two attached hydrogens (primary N) is 2. The number of piperazine rings is 1. The van der Waals surface area contributed by atoms with E-state index in [-0.39, 0.29) is 0 Å². The minimum Gasteiger partial charge on any atom is -0.495 e. The van der Waals surface area contributed by atoms with Crippen LogP contribution in [0.3, 0.4) is 0 Å². The van der Waals surface area contributed by atoms with Crippen LogP contribution in [0.15, 0.2) is 41.7 Å². The second-order valence-electron chi connectivity index (χ2n) is 6.65. The Balaban J connectivity index is 1.87. The molecule has 1 saturated heterocycles. The van der Waals surface area contributed by atoms with E-state index in [4.69, 9.17) is 20.9 Å². The number of aliphatic imine (C=N–C) groups is 1. The van der Waals surface area contributed by atoms with Gasteiger partial charge in [0.15, 0.2) is 0 Å². The van der Waals surface area contributed by atoms with Crippen LogP contribution in [0.4, 0.5) is 17.1 Å². The van der Waals surface area contributed by atoms with E-state index in [1.54, 1.807) is 39.9 Å². The van der Waals surface area contributed by atoms with Crippen molar-refractivity contribution in [1.82, 2.24) is 4.98 Å². The molecule has 1 aromatic carbocycles. The van der Waals surface area contributed by atoms with Crippen molar-refractivity contribution in [3.05, 3.63) is 42.2 Å². The molecule has 1 fully saturated rings. The number of ether oxygens (including phenoxy) is 2. The highest BCUT2D eigenvalue weighted by atomic mass is 16.5. The van der Waals surface area contributed by atoms with Crippen LogP contribution >= 0.6 is 0 Å². The number of methoxy groups -OCH3 is 2. The van der Waals surface area contributed by atoms with Gasteiger partial charge in [-0.05, 0) is 12.1 Å². The first kappa shape index (κ1) is 20.3. The van der Waals surface area contributed by atoms with Crippen LogP contribution in [0.2, 0.25) is 0 Å². The van der Waals surface area contributed by atoms with E-state index >= 15 is 0 Å². The number of nitrogen functional groups attached to an aromatic ring is 1. The molecule has 4 N–H and O–H groups in total. The van der Waals surface area contributed by atoms with Gasteiger partial charge in [-0.25, -0.2) is 4.98 Å². The Morgan fingerprint density at radius 2 is 1.83 bits per heavy atom. The molecule has 154 valence electrons. The maximum Gasteiger partial charge on any atom is 0.214 e. The summed E-state index contributed by atoms with van der Waals surface area (Å²) in [5.41, 5.74) is 16.5. The highest BCUT2D eigenvalue weighted by molar-refractivity contribution is 6.12. The van der Waals surface area contributed by atoms with E-state index in [1.165, 1.54) is 0 Å². The fourth-order valence-electron chi connectivity index (χ4n) is 3.51. The van der Waals surface area contributed by atoms with Crippen LogP contribution in [-0.2, 0) is 0 Å². The molecule has 0 amide bonds. The van der Waals surface area contributed by atoms with Crippen molar-refractivity contribution >= 4 is 28.8 Å². The second-order valence-corrected chi connectivity index (χ2v) is 6.65. The van der Waals surface area contributed by atoms with Gasteiger partial charge in [0.1, 0.15) is 5.75 Å². The molecule has 1 aromatic heterocycles. The Labute approximate surface area is 171 Å². The average Bonchev–Trinajstić information content (AvgIpc) is 2.77. The minimum absolute atomic E-state index is 0.567. The number of allylic oxidation sites excluding steroid dienone is 1. The van der Waals surface area contributed by atoms with Gasteiger partial charge < -0.3 is 30.7 Å². The predicted octanol–water partition coefficient (Wildman–Crippen LogP) is 2.01. The standard InChI is InChI=1S/C21H28N6O2/c1-24-14-15(13-22)17-11-18(23)20(28-2)12-19(17)27-8-6-26(7-9-27)16-4-5-25-21(10-16)29-3/h4-5,10-14H,6-9,22-23H2,1-3H3. The van der Waals surface area contributed by atoms with Gasteiger partial charge in [0.2, 0.25) is 5.88 Å². The van der Waals surface area contributed by atoms with Gasteiger partial charge in [0.25, 0.3) is 0 Å². The molecule has 0 spiro atoms. The van der Waals surface area contributed by atoms with Gasteiger partial charge in [0, 0.05) is 86.5 Å². The lowest BCUT2D eigenvalue weighted by molar-refractivity contribution is 0.398. The maximum absolute atomic E-state index is 6.16. The zero-order valence-electron chi connectivity index (χ0n) is 17.1. The van der Waals surface area contributed by atoms with Crippen molar-refractivity contribution in [1.29, 1.82) is 0 Å². The molecule has 8 nitrogen and oxygen atoms in total. The van der Waals surface area contributed by atoms with Gasteiger partial charge in [-0.3, -0.25) is 4.99 Å². The average molecular weight is 396 g/mol. The lowest BCUT2D eigenvalue weighted by atomic mass is 10.0. The summed E-state index contributed by atoms with van der Waals surface area (Å²) in [7, 11) is 4.97. The lowest BCUT2D eigenvalue weighted by Crippen LogP contribution is -2.46. The summed E-state index contributed by atoms with van der Waals surface area (Å²) in [5.74, 6) is 1.27. The Morgan fingerprint density at radius 3 is 2.45 bits per heavy atom. The number of aromatic nitrogens is 1. The molecule has 2 heterocycles. The van der Waals surface area contributed by atoms with E-state index < -0.39 is 0 Å².